The summed E-state index contributed by atoms with van der Waals surface area (Å²) in [5.41, 5.74) is 4.14. The number of aliphatic hydroxyl groups is 1. The largest absolute Gasteiger partial charge is 0.439 e. The van der Waals surface area contributed by atoms with Crippen LogP contribution in [0, 0.1) is 13.8 Å². The van der Waals surface area contributed by atoms with Crippen LogP contribution in [0.1, 0.15) is 49.4 Å². The molecule has 0 saturated heterocycles. The summed E-state index contributed by atoms with van der Waals surface area (Å²) in [5.74, 6) is 1.51. The molecule has 6 heteroatoms. The van der Waals surface area contributed by atoms with Crippen molar-refractivity contribution in [2.75, 3.05) is 19.8 Å². The second-order valence-corrected chi connectivity index (χ2v) is 9.27. The molecule has 4 rings (SSSR count). The van der Waals surface area contributed by atoms with Crippen molar-refractivity contribution in [1.82, 2.24) is 14.7 Å². The van der Waals surface area contributed by atoms with Gasteiger partial charge in [-0.3, -0.25) is 4.90 Å². The molecular formula is C28H37N3O3. The summed E-state index contributed by atoms with van der Waals surface area (Å²) in [6.07, 6.45) is 3.92. The minimum Gasteiger partial charge on any atom is -0.439 e. The summed E-state index contributed by atoms with van der Waals surface area (Å²) >= 11 is 0. The standard InChI is InChI=1S/C28H37N3O3/c1-4-5-17-33-20-25(32)18-30(23-13-14-23)19-27-22(3)29-31(24-9-7-6-8-10-24)28(27)34-26-15-11-21(2)12-16-26/h6-12,15-16,23,25,32H,4-5,13-14,17-20H2,1-3H3/t25-/m1/s1. The van der Waals surface area contributed by atoms with E-state index in [9.17, 15) is 5.11 Å². The molecule has 34 heavy (non-hydrogen) atoms. The number of ether oxygens (including phenoxy) is 2. The molecular weight excluding hydrogens is 426 g/mol. The van der Waals surface area contributed by atoms with Crippen LogP contribution in [0.15, 0.2) is 54.6 Å². The highest BCUT2D eigenvalue weighted by Crippen LogP contribution is 2.35. The summed E-state index contributed by atoms with van der Waals surface area (Å²) in [5, 5.41) is 15.5. The van der Waals surface area contributed by atoms with Crippen molar-refractivity contribution in [3.05, 3.63) is 71.4 Å². The number of para-hydroxylation sites is 1. The smallest absolute Gasteiger partial charge is 0.227 e. The molecule has 1 fully saturated rings. The fourth-order valence-electron chi connectivity index (χ4n) is 4.06. The van der Waals surface area contributed by atoms with Gasteiger partial charge in [0, 0.05) is 25.7 Å². The minimum atomic E-state index is -0.511. The minimum absolute atomic E-state index is 0.373. The molecule has 1 aromatic heterocycles. The number of nitrogens with zero attached hydrogens (tertiary/aromatic N) is 3. The maximum Gasteiger partial charge on any atom is 0.227 e. The van der Waals surface area contributed by atoms with Crippen molar-refractivity contribution in [2.24, 2.45) is 0 Å². The zero-order chi connectivity index (χ0) is 23.9. The molecule has 1 heterocycles. The summed E-state index contributed by atoms with van der Waals surface area (Å²) < 4.78 is 14.0. The Morgan fingerprint density at radius 1 is 1.09 bits per heavy atom. The Labute approximate surface area is 203 Å². The van der Waals surface area contributed by atoms with Crippen LogP contribution < -0.4 is 4.74 Å². The van der Waals surface area contributed by atoms with Gasteiger partial charge in [-0.25, -0.2) is 4.68 Å². The molecule has 0 unspecified atom stereocenters. The Morgan fingerprint density at radius 2 is 1.82 bits per heavy atom. The van der Waals surface area contributed by atoms with Crippen molar-refractivity contribution in [1.29, 1.82) is 0 Å². The zero-order valence-electron chi connectivity index (χ0n) is 20.6. The summed E-state index contributed by atoms with van der Waals surface area (Å²) in [6, 6.07) is 18.7. The molecule has 182 valence electrons. The molecule has 0 spiro atoms. The van der Waals surface area contributed by atoms with Crippen LogP contribution >= 0.6 is 0 Å². The Hall–Kier alpha value is -2.67. The summed E-state index contributed by atoms with van der Waals surface area (Å²) in [6.45, 7) is 8.58. The van der Waals surface area contributed by atoms with Crippen molar-refractivity contribution in [3.8, 4) is 17.3 Å². The quantitative estimate of drug-likeness (QED) is 0.343. The third-order valence-electron chi connectivity index (χ3n) is 6.20. The average molecular weight is 464 g/mol. The van der Waals surface area contributed by atoms with Gasteiger partial charge in [0.25, 0.3) is 0 Å². The zero-order valence-corrected chi connectivity index (χ0v) is 20.6. The van der Waals surface area contributed by atoms with E-state index in [1.807, 2.05) is 54.1 Å². The first-order valence-electron chi connectivity index (χ1n) is 12.4. The van der Waals surface area contributed by atoms with Crippen LogP contribution in [0.4, 0.5) is 0 Å². The molecule has 0 amide bonds. The highest BCUT2D eigenvalue weighted by atomic mass is 16.5. The molecule has 1 atom stereocenters. The van der Waals surface area contributed by atoms with E-state index < -0.39 is 6.10 Å². The first kappa shape index (κ1) is 24.5. The molecule has 1 N–H and O–H groups in total. The first-order chi connectivity index (χ1) is 16.5. The maximum absolute atomic E-state index is 10.6. The molecule has 0 radical (unpaired) electrons. The third kappa shape index (κ3) is 6.47. The molecule has 6 nitrogen and oxygen atoms in total. The van der Waals surface area contributed by atoms with E-state index in [2.05, 4.69) is 30.9 Å². The van der Waals surface area contributed by atoms with Crippen LogP contribution in [-0.4, -0.2) is 51.7 Å². The van der Waals surface area contributed by atoms with E-state index >= 15 is 0 Å². The van der Waals surface area contributed by atoms with Gasteiger partial charge in [0.2, 0.25) is 5.88 Å². The molecule has 0 aliphatic heterocycles. The van der Waals surface area contributed by atoms with E-state index in [-0.39, 0.29) is 0 Å². The van der Waals surface area contributed by atoms with Crippen LogP contribution in [0.25, 0.3) is 5.69 Å². The Bertz CT molecular complexity index is 1030. The van der Waals surface area contributed by atoms with E-state index in [1.165, 1.54) is 5.56 Å². The van der Waals surface area contributed by atoms with Gasteiger partial charge in [0.1, 0.15) is 5.75 Å². The molecule has 0 bridgehead atoms. The van der Waals surface area contributed by atoms with Crippen LogP contribution in [-0.2, 0) is 11.3 Å². The van der Waals surface area contributed by atoms with E-state index in [4.69, 9.17) is 14.6 Å². The van der Waals surface area contributed by atoms with Crippen molar-refractivity contribution >= 4 is 0 Å². The van der Waals surface area contributed by atoms with E-state index in [1.54, 1.807) is 0 Å². The fourth-order valence-corrected chi connectivity index (χ4v) is 4.06. The fraction of sp³-hybridized carbons (Fsp3) is 0.464. The van der Waals surface area contributed by atoms with Crippen molar-refractivity contribution < 1.29 is 14.6 Å². The topological polar surface area (TPSA) is 59.8 Å². The lowest BCUT2D eigenvalue weighted by Crippen LogP contribution is -2.36. The summed E-state index contributed by atoms with van der Waals surface area (Å²) in [4.78, 5) is 2.36. The van der Waals surface area contributed by atoms with E-state index in [0.717, 1.165) is 54.3 Å². The summed E-state index contributed by atoms with van der Waals surface area (Å²) in [7, 11) is 0. The number of unbranched alkanes of at least 4 members (excludes halogenated alkanes) is 1. The Kier molecular flexibility index (Phi) is 8.38. The number of aliphatic hydroxyl groups excluding tert-OH is 1. The lowest BCUT2D eigenvalue weighted by atomic mass is 10.2. The molecule has 2 aromatic carbocycles. The van der Waals surface area contributed by atoms with Gasteiger partial charge in [-0.15, -0.1) is 0 Å². The van der Waals surface area contributed by atoms with Crippen molar-refractivity contribution in [2.45, 2.75) is 65.1 Å². The number of hydrogen-bond donors (Lipinski definition) is 1. The predicted octanol–water partition coefficient (Wildman–Crippen LogP) is 5.42. The van der Waals surface area contributed by atoms with Crippen LogP contribution in [0.5, 0.6) is 11.6 Å². The predicted molar refractivity (Wildman–Crippen MR) is 135 cm³/mol. The molecule has 3 aromatic rings. The van der Waals surface area contributed by atoms with Crippen molar-refractivity contribution in [3.63, 3.8) is 0 Å². The lowest BCUT2D eigenvalue weighted by Gasteiger charge is -2.25. The van der Waals surface area contributed by atoms with Crippen LogP contribution in [0.3, 0.4) is 0 Å². The first-order valence-corrected chi connectivity index (χ1v) is 12.4. The Balaban J connectivity index is 1.58. The molecule has 1 aliphatic rings. The average Bonchev–Trinajstić information content (AvgIpc) is 3.65. The number of aromatic nitrogens is 2. The van der Waals surface area contributed by atoms with Gasteiger partial charge in [0.05, 0.1) is 29.7 Å². The maximum atomic E-state index is 10.6. The Morgan fingerprint density at radius 3 is 2.50 bits per heavy atom. The SMILES string of the molecule is CCCCOC[C@H](O)CN(Cc1c(C)nn(-c2ccccc2)c1Oc1ccc(C)cc1)C1CC1. The second kappa shape index (κ2) is 11.6. The van der Waals surface area contributed by atoms with Gasteiger partial charge in [-0.1, -0.05) is 49.2 Å². The van der Waals surface area contributed by atoms with Gasteiger partial charge >= 0.3 is 0 Å². The second-order valence-electron chi connectivity index (χ2n) is 9.27. The number of benzene rings is 2. The van der Waals surface area contributed by atoms with Gasteiger partial charge in [0.15, 0.2) is 0 Å². The monoisotopic (exact) mass is 463 g/mol. The normalized spacial score (nSPS) is 14.5. The van der Waals surface area contributed by atoms with Gasteiger partial charge < -0.3 is 14.6 Å². The molecule has 1 saturated carbocycles. The third-order valence-corrected chi connectivity index (χ3v) is 6.20. The lowest BCUT2D eigenvalue weighted by molar-refractivity contribution is 0.0127. The number of rotatable bonds is 13. The van der Waals surface area contributed by atoms with Gasteiger partial charge in [-0.2, -0.15) is 5.10 Å². The number of aryl methyl sites for hydroxylation is 2. The molecule has 1 aliphatic carbocycles. The van der Waals surface area contributed by atoms with E-state index in [0.29, 0.717) is 32.3 Å². The number of hydrogen-bond acceptors (Lipinski definition) is 5. The van der Waals surface area contributed by atoms with Gasteiger partial charge in [-0.05, 0) is 57.4 Å². The highest BCUT2D eigenvalue weighted by molar-refractivity contribution is 5.43. The van der Waals surface area contributed by atoms with Crippen LogP contribution in [0.2, 0.25) is 0 Å². The highest BCUT2D eigenvalue weighted by Gasteiger charge is 2.32.